The van der Waals surface area contributed by atoms with Crippen LogP contribution in [-0.2, 0) is 23.1 Å². The quantitative estimate of drug-likeness (QED) is 0.375. The zero-order chi connectivity index (χ0) is 30.0. The summed E-state index contributed by atoms with van der Waals surface area (Å²) in [5.74, 6) is -0.00180. The van der Waals surface area contributed by atoms with E-state index in [0.29, 0.717) is 29.7 Å². The lowest BCUT2D eigenvalue weighted by Crippen LogP contribution is -2.44. The van der Waals surface area contributed by atoms with Gasteiger partial charge in [0.1, 0.15) is 12.4 Å². The Kier molecular flexibility index (Phi) is 9.55. The molecule has 1 amide bonds. The zero-order valence-corrected chi connectivity index (χ0v) is 26.3. The molecule has 2 aliphatic heterocycles. The van der Waals surface area contributed by atoms with Crippen LogP contribution in [0, 0.1) is 23.7 Å². The van der Waals surface area contributed by atoms with Crippen LogP contribution in [0.3, 0.4) is 0 Å². The van der Waals surface area contributed by atoms with E-state index in [2.05, 4.69) is 9.62 Å². The number of nitrogens with zero attached hydrogens (tertiary/aromatic N) is 1. The summed E-state index contributed by atoms with van der Waals surface area (Å²) in [7, 11) is -3.97. The average Bonchev–Trinajstić information content (AvgIpc) is 2.93. The van der Waals surface area contributed by atoms with Crippen molar-refractivity contribution in [3.8, 4) is 5.75 Å². The van der Waals surface area contributed by atoms with Gasteiger partial charge in [0, 0.05) is 23.7 Å². The molecule has 2 N–H and O–H groups in total. The molecule has 0 unspecified atom stereocenters. The van der Waals surface area contributed by atoms with E-state index in [1.54, 1.807) is 18.2 Å². The Hall–Kier alpha value is -2.55. The second kappa shape index (κ2) is 13.0. The number of benzene rings is 2. The van der Waals surface area contributed by atoms with Crippen LogP contribution in [-0.4, -0.2) is 43.9 Å². The minimum absolute atomic E-state index is 0.134. The summed E-state index contributed by atoms with van der Waals surface area (Å²) in [4.78, 5) is 15.7. The van der Waals surface area contributed by atoms with Crippen molar-refractivity contribution in [2.45, 2.75) is 77.3 Å². The number of amides is 1. The number of carbonyl (C=O) groups is 1. The molecule has 228 valence electrons. The topological polar surface area (TPSA) is 95.9 Å². The number of nitrogens with one attached hydrogen (secondary N) is 1. The van der Waals surface area contributed by atoms with Crippen LogP contribution in [0.15, 0.2) is 48.6 Å². The number of aryl methyl sites for hydroxylation is 1. The van der Waals surface area contributed by atoms with Crippen molar-refractivity contribution in [1.82, 2.24) is 4.72 Å². The molecule has 0 spiro atoms. The number of fused-ring (bicyclic) bond motifs is 3. The fourth-order valence-corrected chi connectivity index (χ4v) is 9.07. The summed E-state index contributed by atoms with van der Waals surface area (Å²) in [6, 6.07) is 11.1. The molecular formula is C33H43ClN2O5S. The lowest BCUT2D eigenvalue weighted by molar-refractivity contribution is 0.0461. The molecule has 5 atom stereocenters. The lowest BCUT2D eigenvalue weighted by Gasteiger charge is -2.42. The number of carbonyl (C=O) groups excluding carboxylic acids is 1. The van der Waals surface area contributed by atoms with Gasteiger partial charge in [-0.15, -0.1) is 0 Å². The fourth-order valence-electron chi connectivity index (χ4n) is 6.92. The highest BCUT2D eigenvalue weighted by atomic mass is 35.5. The monoisotopic (exact) mass is 614 g/mol. The van der Waals surface area contributed by atoms with Crippen LogP contribution < -0.4 is 14.4 Å². The first kappa shape index (κ1) is 30.9. The van der Waals surface area contributed by atoms with Gasteiger partial charge >= 0.3 is 0 Å². The molecule has 0 radical (unpaired) electrons. The maximum atomic E-state index is 13.5. The SMILES string of the molecule is CC(C)[C@@H]1[C@H](C)C/C=C/[C@H](O)[C@@H]2CC[C@H]2CN2CCCCc3cc(Cl)ccc3COc3ccc(cc32)C(=O)NS1(=O)=O. The normalized spacial score (nSPS) is 29.1. The van der Waals surface area contributed by atoms with Crippen molar-refractivity contribution in [2.75, 3.05) is 18.0 Å². The highest BCUT2D eigenvalue weighted by molar-refractivity contribution is 7.90. The summed E-state index contributed by atoms with van der Waals surface area (Å²) in [5, 5.41) is 11.0. The van der Waals surface area contributed by atoms with Crippen molar-refractivity contribution in [3.05, 3.63) is 70.3 Å². The number of rotatable bonds is 1. The summed E-state index contributed by atoms with van der Waals surface area (Å²) in [6.45, 7) is 7.44. The third-order valence-electron chi connectivity index (χ3n) is 9.26. The highest BCUT2D eigenvalue weighted by Crippen LogP contribution is 2.41. The van der Waals surface area contributed by atoms with E-state index in [1.807, 2.05) is 51.1 Å². The summed E-state index contributed by atoms with van der Waals surface area (Å²) >= 11 is 6.31. The molecule has 0 aromatic heterocycles. The van der Waals surface area contributed by atoms with Crippen molar-refractivity contribution in [1.29, 1.82) is 0 Å². The van der Waals surface area contributed by atoms with Crippen molar-refractivity contribution < 1.29 is 23.1 Å². The van der Waals surface area contributed by atoms with Gasteiger partial charge in [0.25, 0.3) is 5.91 Å². The van der Waals surface area contributed by atoms with Gasteiger partial charge in [0.05, 0.1) is 17.0 Å². The Labute approximate surface area is 255 Å². The lowest BCUT2D eigenvalue weighted by atomic mass is 9.70. The van der Waals surface area contributed by atoms with Gasteiger partial charge in [0.2, 0.25) is 10.0 Å². The summed E-state index contributed by atoms with van der Waals surface area (Å²) < 4.78 is 35.8. The molecule has 1 aliphatic carbocycles. The maximum absolute atomic E-state index is 13.5. The molecule has 2 heterocycles. The molecule has 1 fully saturated rings. The van der Waals surface area contributed by atoms with Crippen LogP contribution in [0.5, 0.6) is 5.75 Å². The summed E-state index contributed by atoms with van der Waals surface area (Å²) in [5.41, 5.74) is 3.30. The minimum atomic E-state index is -3.97. The van der Waals surface area contributed by atoms with E-state index in [0.717, 1.165) is 56.4 Å². The van der Waals surface area contributed by atoms with E-state index in [9.17, 15) is 18.3 Å². The molecular weight excluding hydrogens is 572 g/mol. The van der Waals surface area contributed by atoms with Gasteiger partial charge in [-0.25, -0.2) is 13.1 Å². The number of anilines is 1. The maximum Gasteiger partial charge on any atom is 0.264 e. The number of sulfonamides is 1. The van der Waals surface area contributed by atoms with Gasteiger partial charge in [-0.1, -0.05) is 50.6 Å². The molecule has 3 aliphatic rings. The smallest absolute Gasteiger partial charge is 0.264 e. The van der Waals surface area contributed by atoms with Crippen LogP contribution >= 0.6 is 11.6 Å². The van der Waals surface area contributed by atoms with Crippen molar-refractivity contribution >= 4 is 33.2 Å². The van der Waals surface area contributed by atoms with Gasteiger partial charge in [-0.3, -0.25) is 4.79 Å². The van der Waals surface area contributed by atoms with Crippen LogP contribution in [0.4, 0.5) is 5.69 Å². The van der Waals surface area contributed by atoms with E-state index in [-0.39, 0.29) is 23.3 Å². The van der Waals surface area contributed by atoms with Crippen molar-refractivity contribution in [2.24, 2.45) is 23.7 Å². The van der Waals surface area contributed by atoms with E-state index < -0.39 is 27.3 Å². The highest BCUT2D eigenvalue weighted by Gasteiger charge is 2.38. The number of hydrogen-bond donors (Lipinski definition) is 2. The Morgan fingerprint density at radius 1 is 1.10 bits per heavy atom. The van der Waals surface area contributed by atoms with Gasteiger partial charge < -0.3 is 14.7 Å². The second-order valence-electron chi connectivity index (χ2n) is 12.6. The molecule has 2 aromatic rings. The molecule has 7 nitrogen and oxygen atoms in total. The number of halogens is 1. The molecule has 2 bridgehead atoms. The van der Waals surface area contributed by atoms with Gasteiger partial charge in [-0.2, -0.15) is 0 Å². The van der Waals surface area contributed by atoms with E-state index in [4.69, 9.17) is 16.3 Å². The standard InChI is InChI=1S/C33H43ClN2O5S/c1-21(2)32-22(3)7-6-9-30(37)28-14-11-25(28)19-36-16-5-4-8-23-17-27(34)13-10-26(23)20-41-31-15-12-24(18-29(31)36)33(38)35-42(32,39)40/h6,9-10,12-13,15,17-18,21-22,25,28,30,32,37H,4-5,7-8,11,14,16,19-20H2,1-3H3,(H,35,38)/b9-6+/t22-,25+,28-,30+,32-/m1/s1. The summed E-state index contributed by atoms with van der Waals surface area (Å²) in [6.07, 6.45) is 8.42. The predicted octanol–water partition coefficient (Wildman–Crippen LogP) is 6.13. The Bertz CT molecular complexity index is 1430. The number of ether oxygens (including phenoxy) is 1. The molecule has 9 heteroatoms. The van der Waals surface area contributed by atoms with E-state index in [1.165, 1.54) is 5.56 Å². The molecule has 42 heavy (non-hydrogen) atoms. The third-order valence-corrected chi connectivity index (χ3v) is 11.7. The second-order valence-corrected chi connectivity index (χ2v) is 14.9. The van der Waals surface area contributed by atoms with Gasteiger partial charge in [0.15, 0.2) is 0 Å². The van der Waals surface area contributed by atoms with Crippen LogP contribution in [0.25, 0.3) is 0 Å². The Morgan fingerprint density at radius 2 is 1.90 bits per heavy atom. The molecule has 2 aromatic carbocycles. The first-order valence-electron chi connectivity index (χ1n) is 15.2. The number of hydrogen-bond acceptors (Lipinski definition) is 6. The van der Waals surface area contributed by atoms with Crippen LogP contribution in [0.2, 0.25) is 5.02 Å². The van der Waals surface area contributed by atoms with Gasteiger partial charge in [-0.05, 0) is 104 Å². The number of aliphatic hydroxyl groups is 1. The van der Waals surface area contributed by atoms with Crippen LogP contribution in [0.1, 0.15) is 74.4 Å². The van der Waals surface area contributed by atoms with Crippen molar-refractivity contribution in [3.63, 3.8) is 0 Å². The number of aliphatic hydroxyl groups excluding tert-OH is 1. The minimum Gasteiger partial charge on any atom is -0.487 e. The van der Waals surface area contributed by atoms with E-state index >= 15 is 0 Å². The first-order valence-corrected chi connectivity index (χ1v) is 17.2. The largest absolute Gasteiger partial charge is 0.487 e. The average molecular weight is 615 g/mol. The Balaban J connectivity index is 1.55. The third kappa shape index (κ3) is 6.81. The Morgan fingerprint density at radius 3 is 2.64 bits per heavy atom. The number of allylic oxidation sites excluding steroid dienone is 1. The fraction of sp³-hybridized carbons (Fsp3) is 0.545. The molecule has 5 rings (SSSR count). The molecule has 0 saturated heterocycles. The first-order chi connectivity index (χ1) is 20.0. The molecule has 1 saturated carbocycles. The zero-order valence-electron chi connectivity index (χ0n) is 24.8. The predicted molar refractivity (Wildman–Crippen MR) is 168 cm³/mol.